The number of thiophene rings is 1. The van der Waals surface area contributed by atoms with Gasteiger partial charge in [0.05, 0.1) is 22.7 Å². The molecule has 0 bridgehead atoms. The lowest BCUT2D eigenvalue weighted by Gasteiger charge is -2.37. The van der Waals surface area contributed by atoms with Crippen LogP contribution in [0.4, 0.5) is 18.9 Å². The monoisotopic (exact) mass is 493 g/mol. The zero-order valence-electron chi connectivity index (χ0n) is 18.5. The van der Waals surface area contributed by atoms with E-state index in [1.54, 1.807) is 32.2 Å². The number of anilines is 1. The standard InChI is InChI=1S/C23H22F3N3O4S/c1-3-33-22(32)18-19(14-6-4-5-7-15(14)27(2)21(18)31)28-10-12-29(13-11-28)20(30)16-8-9-17(34-16)23(24,25)26/h4-9H,3,10-13H2,1-2H3. The van der Waals surface area contributed by atoms with Crippen LogP contribution < -0.4 is 10.5 Å². The molecule has 0 aliphatic carbocycles. The zero-order chi connectivity index (χ0) is 24.6. The Kier molecular flexibility index (Phi) is 6.39. The topological polar surface area (TPSA) is 71.8 Å². The van der Waals surface area contributed by atoms with Crippen LogP contribution in [-0.2, 0) is 18.0 Å². The molecule has 3 heterocycles. The highest BCUT2D eigenvalue weighted by molar-refractivity contribution is 7.14. The van der Waals surface area contributed by atoms with Gasteiger partial charge in [0.25, 0.3) is 11.5 Å². The van der Waals surface area contributed by atoms with Gasteiger partial charge in [-0.2, -0.15) is 13.2 Å². The number of para-hydroxylation sites is 1. The lowest BCUT2D eigenvalue weighted by molar-refractivity contribution is -0.134. The fourth-order valence-corrected chi connectivity index (χ4v) is 4.93. The van der Waals surface area contributed by atoms with Crippen LogP contribution in [0.25, 0.3) is 10.9 Å². The highest BCUT2D eigenvalue weighted by Gasteiger charge is 2.34. The number of rotatable bonds is 4. The Morgan fingerprint density at radius 3 is 2.35 bits per heavy atom. The first-order valence-electron chi connectivity index (χ1n) is 10.6. The van der Waals surface area contributed by atoms with Crippen molar-refractivity contribution in [2.75, 3.05) is 37.7 Å². The van der Waals surface area contributed by atoms with E-state index in [1.165, 1.54) is 15.5 Å². The molecule has 1 fully saturated rings. The Labute approximate surface area is 196 Å². The van der Waals surface area contributed by atoms with E-state index < -0.39 is 28.5 Å². The molecule has 180 valence electrons. The molecule has 3 aromatic rings. The van der Waals surface area contributed by atoms with Crippen LogP contribution >= 0.6 is 11.3 Å². The summed E-state index contributed by atoms with van der Waals surface area (Å²) in [6.45, 7) is 2.81. The van der Waals surface area contributed by atoms with Gasteiger partial charge < -0.3 is 19.1 Å². The highest BCUT2D eigenvalue weighted by atomic mass is 32.1. The van der Waals surface area contributed by atoms with Crippen molar-refractivity contribution >= 4 is 39.8 Å². The number of ether oxygens (including phenoxy) is 1. The normalized spacial score (nSPS) is 14.5. The lowest BCUT2D eigenvalue weighted by atomic mass is 10.1. The minimum Gasteiger partial charge on any atom is -0.462 e. The first-order chi connectivity index (χ1) is 16.1. The molecule has 0 unspecified atom stereocenters. The molecule has 1 aliphatic rings. The number of halogens is 3. The number of esters is 1. The minimum absolute atomic E-state index is 0.0204. The largest absolute Gasteiger partial charge is 0.462 e. The number of carbonyl (C=O) groups is 2. The smallest absolute Gasteiger partial charge is 0.425 e. The minimum atomic E-state index is -4.49. The molecule has 11 heteroatoms. The van der Waals surface area contributed by atoms with E-state index in [4.69, 9.17) is 4.74 Å². The number of aryl methyl sites for hydroxylation is 1. The summed E-state index contributed by atoms with van der Waals surface area (Å²) in [6.07, 6.45) is -4.49. The van der Waals surface area contributed by atoms with Crippen molar-refractivity contribution in [1.82, 2.24) is 9.47 Å². The number of aromatic nitrogens is 1. The van der Waals surface area contributed by atoms with Gasteiger partial charge in [-0.25, -0.2) is 4.79 Å². The quantitative estimate of drug-likeness (QED) is 0.518. The molecule has 0 spiro atoms. The summed E-state index contributed by atoms with van der Waals surface area (Å²) >= 11 is 0.421. The van der Waals surface area contributed by atoms with E-state index in [2.05, 4.69) is 0 Å². The van der Waals surface area contributed by atoms with Crippen LogP contribution in [0.2, 0.25) is 0 Å². The second-order valence-electron chi connectivity index (χ2n) is 7.77. The van der Waals surface area contributed by atoms with Crippen molar-refractivity contribution in [3.8, 4) is 0 Å². The maximum Gasteiger partial charge on any atom is 0.425 e. The predicted molar refractivity (Wildman–Crippen MR) is 123 cm³/mol. The molecule has 0 N–H and O–H groups in total. The third-order valence-corrected chi connectivity index (χ3v) is 6.85. The average molecular weight is 494 g/mol. The number of carbonyl (C=O) groups excluding carboxylic acids is 2. The van der Waals surface area contributed by atoms with Crippen LogP contribution in [0.3, 0.4) is 0 Å². The molecule has 4 rings (SSSR count). The van der Waals surface area contributed by atoms with E-state index in [0.717, 1.165) is 6.07 Å². The van der Waals surface area contributed by atoms with E-state index in [0.29, 0.717) is 41.0 Å². The van der Waals surface area contributed by atoms with Gasteiger partial charge in [-0.3, -0.25) is 9.59 Å². The number of benzene rings is 1. The van der Waals surface area contributed by atoms with Gasteiger partial charge in [0, 0.05) is 38.6 Å². The molecule has 1 amide bonds. The number of piperazine rings is 1. The fourth-order valence-electron chi connectivity index (χ4n) is 4.09. The van der Waals surface area contributed by atoms with Crippen molar-refractivity contribution in [2.45, 2.75) is 13.1 Å². The number of alkyl halides is 3. The molecule has 1 aliphatic heterocycles. The maximum atomic E-state index is 13.1. The number of amides is 1. The molecular weight excluding hydrogens is 471 g/mol. The van der Waals surface area contributed by atoms with E-state index >= 15 is 0 Å². The average Bonchev–Trinajstić information content (AvgIpc) is 3.32. The second-order valence-corrected chi connectivity index (χ2v) is 8.85. The third-order valence-electron chi connectivity index (χ3n) is 5.73. The number of pyridine rings is 1. The predicted octanol–water partition coefficient (Wildman–Crippen LogP) is 3.76. The van der Waals surface area contributed by atoms with Gasteiger partial charge in [-0.15, -0.1) is 11.3 Å². The van der Waals surface area contributed by atoms with E-state index in [9.17, 15) is 27.6 Å². The van der Waals surface area contributed by atoms with Crippen LogP contribution in [0.15, 0.2) is 41.2 Å². The third kappa shape index (κ3) is 4.27. The number of fused-ring (bicyclic) bond motifs is 1. The number of hydrogen-bond donors (Lipinski definition) is 0. The van der Waals surface area contributed by atoms with Crippen LogP contribution in [0.5, 0.6) is 0 Å². The summed E-state index contributed by atoms with van der Waals surface area (Å²) in [4.78, 5) is 41.1. The SMILES string of the molecule is CCOC(=O)c1c(N2CCN(C(=O)c3ccc(C(F)(F)F)s3)CC2)c2ccccc2n(C)c1=O. The molecular formula is C23H22F3N3O4S. The van der Waals surface area contributed by atoms with E-state index in [1.807, 2.05) is 11.0 Å². The van der Waals surface area contributed by atoms with E-state index in [-0.39, 0.29) is 30.1 Å². The van der Waals surface area contributed by atoms with Gasteiger partial charge in [0.15, 0.2) is 0 Å². The van der Waals surface area contributed by atoms with Gasteiger partial charge in [0.1, 0.15) is 10.4 Å². The summed E-state index contributed by atoms with van der Waals surface area (Å²) in [7, 11) is 1.59. The van der Waals surface area contributed by atoms with Crippen molar-refractivity contribution in [3.63, 3.8) is 0 Å². The summed E-state index contributed by atoms with van der Waals surface area (Å²) in [5.74, 6) is -1.19. The molecule has 2 aromatic heterocycles. The van der Waals surface area contributed by atoms with Gasteiger partial charge in [0.2, 0.25) is 0 Å². The van der Waals surface area contributed by atoms with Crippen LogP contribution in [0, 0.1) is 0 Å². The Hall–Kier alpha value is -3.34. The lowest BCUT2D eigenvalue weighted by Crippen LogP contribution is -2.49. The summed E-state index contributed by atoms with van der Waals surface area (Å²) in [6, 6.07) is 9.29. The Balaban J connectivity index is 1.64. The Bertz CT molecular complexity index is 1310. The highest BCUT2D eigenvalue weighted by Crippen LogP contribution is 2.35. The van der Waals surface area contributed by atoms with Crippen LogP contribution in [-0.4, -0.2) is 54.1 Å². The second kappa shape index (κ2) is 9.13. The molecule has 1 aromatic carbocycles. The summed E-state index contributed by atoms with van der Waals surface area (Å²) < 4.78 is 45.3. The van der Waals surface area contributed by atoms with Crippen molar-refractivity contribution in [2.24, 2.45) is 7.05 Å². The summed E-state index contributed by atoms with van der Waals surface area (Å²) in [5.41, 5.74) is 0.534. The maximum absolute atomic E-state index is 13.1. The molecule has 7 nitrogen and oxygen atoms in total. The van der Waals surface area contributed by atoms with Crippen LogP contribution in [0.1, 0.15) is 31.8 Å². The molecule has 0 atom stereocenters. The molecule has 1 saturated heterocycles. The van der Waals surface area contributed by atoms with Crippen molar-refractivity contribution in [3.05, 3.63) is 62.1 Å². The number of nitrogens with zero attached hydrogens (tertiary/aromatic N) is 3. The summed E-state index contributed by atoms with van der Waals surface area (Å²) in [5, 5.41) is 0.695. The van der Waals surface area contributed by atoms with Crippen molar-refractivity contribution in [1.29, 1.82) is 0 Å². The zero-order valence-corrected chi connectivity index (χ0v) is 19.3. The van der Waals surface area contributed by atoms with Gasteiger partial charge in [-0.1, -0.05) is 18.2 Å². The fraction of sp³-hybridized carbons (Fsp3) is 0.348. The molecule has 0 radical (unpaired) electrons. The first-order valence-corrected chi connectivity index (χ1v) is 11.4. The Morgan fingerprint density at radius 1 is 1.06 bits per heavy atom. The number of hydrogen-bond acceptors (Lipinski definition) is 6. The molecule has 34 heavy (non-hydrogen) atoms. The van der Waals surface area contributed by atoms with Gasteiger partial charge in [-0.05, 0) is 25.1 Å². The first kappa shape index (κ1) is 23.8. The Morgan fingerprint density at radius 2 is 1.74 bits per heavy atom. The van der Waals surface area contributed by atoms with Gasteiger partial charge >= 0.3 is 12.1 Å². The van der Waals surface area contributed by atoms with Crippen molar-refractivity contribution < 1.29 is 27.5 Å². The molecule has 0 saturated carbocycles.